The highest BCUT2D eigenvalue weighted by Crippen LogP contribution is 2.50. The highest BCUT2D eigenvalue weighted by molar-refractivity contribution is 6.15. The number of amides is 2. The van der Waals surface area contributed by atoms with E-state index < -0.39 is 10.8 Å². The first-order valence-electron chi connectivity index (χ1n) is 12.2. The zero-order valence-corrected chi connectivity index (χ0v) is 21.3. The van der Waals surface area contributed by atoms with Crippen LogP contribution in [-0.2, 0) is 20.4 Å². The highest BCUT2D eigenvalue weighted by Gasteiger charge is 2.50. The number of carbonyl (C=O) groups excluding carboxylic acids is 2. The van der Waals surface area contributed by atoms with Gasteiger partial charge in [-0.25, -0.2) is 4.98 Å². The molecule has 0 bridgehead atoms. The number of aliphatic imine (C=N–C) groups is 1. The third-order valence-corrected chi connectivity index (χ3v) is 7.41. The van der Waals surface area contributed by atoms with Gasteiger partial charge >= 0.3 is 0 Å². The van der Waals surface area contributed by atoms with E-state index in [0.717, 1.165) is 52.2 Å². The van der Waals surface area contributed by atoms with Crippen molar-refractivity contribution >= 4 is 40.8 Å². The molecule has 5 rings (SSSR count). The largest absolute Gasteiger partial charge is 0.308 e. The molecule has 6 heteroatoms. The molecule has 6 nitrogen and oxygen atoms in total. The third-order valence-electron chi connectivity index (χ3n) is 7.41. The van der Waals surface area contributed by atoms with Crippen LogP contribution >= 0.6 is 0 Å². The van der Waals surface area contributed by atoms with E-state index in [4.69, 9.17) is 4.98 Å². The number of anilines is 3. The van der Waals surface area contributed by atoms with Gasteiger partial charge in [-0.1, -0.05) is 24.8 Å². The molecule has 2 aliphatic heterocycles. The van der Waals surface area contributed by atoms with Crippen LogP contribution in [0.4, 0.5) is 17.2 Å². The van der Waals surface area contributed by atoms with Crippen molar-refractivity contribution in [3.05, 3.63) is 65.5 Å². The minimum atomic E-state index is -0.693. The zero-order chi connectivity index (χ0) is 25.3. The fraction of sp³-hybridized carbons (Fsp3) is 0.379. The van der Waals surface area contributed by atoms with E-state index in [1.54, 1.807) is 17.3 Å². The highest BCUT2D eigenvalue weighted by atomic mass is 16.2. The van der Waals surface area contributed by atoms with E-state index in [9.17, 15) is 9.59 Å². The van der Waals surface area contributed by atoms with Crippen molar-refractivity contribution in [1.82, 2.24) is 4.98 Å². The van der Waals surface area contributed by atoms with Crippen molar-refractivity contribution in [2.45, 2.75) is 71.3 Å². The van der Waals surface area contributed by atoms with Gasteiger partial charge < -0.3 is 4.90 Å². The number of aromatic nitrogens is 1. The lowest BCUT2D eigenvalue weighted by molar-refractivity contribution is -0.122. The summed E-state index contributed by atoms with van der Waals surface area (Å²) in [6, 6.07) is 8.26. The van der Waals surface area contributed by atoms with Crippen molar-refractivity contribution in [3.63, 3.8) is 0 Å². The predicted molar refractivity (Wildman–Crippen MR) is 141 cm³/mol. The molecule has 1 fully saturated rings. The van der Waals surface area contributed by atoms with Gasteiger partial charge in [-0.2, -0.15) is 0 Å². The molecule has 3 heterocycles. The summed E-state index contributed by atoms with van der Waals surface area (Å²) < 4.78 is 0. The van der Waals surface area contributed by atoms with E-state index in [2.05, 4.69) is 11.6 Å². The second-order valence-corrected chi connectivity index (χ2v) is 10.8. The fourth-order valence-corrected chi connectivity index (χ4v) is 5.11. The number of benzene rings is 1. The third kappa shape index (κ3) is 3.46. The smallest absolute Gasteiger partial charge is 0.242 e. The van der Waals surface area contributed by atoms with Gasteiger partial charge in [-0.15, -0.1) is 0 Å². The molecule has 1 saturated carbocycles. The van der Waals surface area contributed by atoms with Gasteiger partial charge in [-0.05, 0) is 77.2 Å². The number of hydrogen-bond acceptors (Lipinski definition) is 4. The summed E-state index contributed by atoms with van der Waals surface area (Å²) in [7, 11) is 0. The maximum absolute atomic E-state index is 13.7. The summed E-state index contributed by atoms with van der Waals surface area (Å²) >= 11 is 0. The first-order valence-corrected chi connectivity index (χ1v) is 12.2. The lowest BCUT2D eigenvalue weighted by Gasteiger charge is -2.22. The monoisotopic (exact) mass is 468 g/mol. The number of fused-ring (bicyclic) bond motifs is 2. The fourth-order valence-electron chi connectivity index (χ4n) is 5.11. The average Bonchev–Trinajstić information content (AvgIpc) is 3.58. The maximum Gasteiger partial charge on any atom is 0.242 e. The summed E-state index contributed by atoms with van der Waals surface area (Å²) in [6.45, 7) is 15.5. The number of pyridine rings is 1. The van der Waals surface area contributed by atoms with Gasteiger partial charge in [0.1, 0.15) is 5.82 Å². The van der Waals surface area contributed by atoms with Gasteiger partial charge in [0.25, 0.3) is 0 Å². The summed E-state index contributed by atoms with van der Waals surface area (Å²) in [5.74, 6) is 0.627. The van der Waals surface area contributed by atoms with Crippen LogP contribution in [0.15, 0.2) is 53.8 Å². The van der Waals surface area contributed by atoms with Crippen molar-refractivity contribution in [3.8, 4) is 0 Å². The molecule has 1 aromatic carbocycles. The first-order chi connectivity index (χ1) is 16.5. The normalized spacial score (nSPS) is 20.6. The van der Waals surface area contributed by atoms with Crippen LogP contribution in [0.1, 0.15) is 71.1 Å². The molecule has 180 valence electrons. The molecule has 0 atom stereocenters. The molecule has 3 aliphatic rings. The van der Waals surface area contributed by atoms with Crippen molar-refractivity contribution in [2.24, 2.45) is 4.99 Å². The Labute approximate surface area is 207 Å². The topological polar surface area (TPSA) is 65.9 Å². The summed E-state index contributed by atoms with van der Waals surface area (Å²) in [5, 5.41) is 0. The Morgan fingerprint density at radius 3 is 2.37 bits per heavy atom. The minimum absolute atomic E-state index is 0.0312. The van der Waals surface area contributed by atoms with Gasteiger partial charge in [0.05, 0.1) is 22.2 Å². The Hall–Kier alpha value is -3.54. The maximum atomic E-state index is 13.7. The molecule has 35 heavy (non-hydrogen) atoms. The lowest BCUT2D eigenvalue weighted by atomic mass is 9.85. The van der Waals surface area contributed by atoms with E-state index in [0.29, 0.717) is 5.82 Å². The molecular weight excluding hydrogens is 436 g/mol. The van der Waals surface area contributed by atoms with Gasteiger partial charge in [0.15, 0.2) is 0 Å². The summed E-state index contributed by atoms with van der Waals surface area (Å²) in [6.07, 6.45) is 7.60. The van der Waals surface area contributed by atoms with Crippen LogP contribution < -0.4 is 9.80 Å². The lowest BCUT2D eigenvalue weighted by Crippen LogP contribution is -2.37. The van der Waals surface area contributed by atoms with E-state index in [1.165, 1.54) is 0 Å². The number of hydrogen-bond donors (Lipinski definition) is 0. The zero-order valence-electron chi connectivity index (χ0n) is 21.3. The number of nitrogens with zero attached hydrogens (tertiary/aromatic N) is 4. The number of rotatable bonds is 5. The minimum Gasteiger partial charge on any atom is -0.308 e. The molecule has 0 spiro atoms. The van der Waals surface area contributed by atoms with Crippen LogP contribution in [0.25, 0.3) is 5.57 Å². The first kappa shape index (κ1) is 23.2. The Balaban J connectivity index is 1.63. The Morgan fingerprint density at radius 1 is 1.06 bits per heavy atom. The van der Waals surface area contributed by atoms with Gasteiger partial charge in [-0.3, -0.25) is 19.5 Å². The van der Waals surface area contributed by atoms with Crippen molar-refractivity contribution in [1.29, 1.82) is 0 Å². The molecule has 0 unspecified atom stereocenters. The van der Waals surface area contributed by atoms with Gasteiger partial charge in [0.2, 0.25) is 11.8 Å². The molecule has 0 saturated heterocycles. The number of carbonyl (C=O) groups is 2. The second-order valence-electron chi connectivity index (χ2n) is 10.8. The predicted octanol–water partition coefficient (Wildman–Crippen LogP) is 5.83. The Morgan fingerprint density at radius 2 is 1.74 bits per heavy atom. The Kier molecular flexibility index (Phi) is 5.13. The summed E-state index contributed by atoms with van der Waals surface area (Å²) in [5.41, 5.74) is 4.89. The van der Waals surface area contributed by atoms with Crippen LogP contribution in [0.5, 0.6) is 0 Å². The van der Waals surface area contributed by atoms with Crippen LogP contribution in [0, 0.1) is 0 Å². The van der Waals surface area contributed by atoms with Crippen LogP contribution in [-0.4, -0.2) is 29.1 Å². The SMILES string of the molecule is C=C(C)N=C/C(=C\C)c1ccc2c(c1)N(c1cc3c(cn1)C(C)(C)C(=O)N3C1CC1)C(=O)C2(C)C. The van der Waals surface area contributed by atoms with E-state index in [-0.39, 0.29) is 17.9 Å². The van der Waals surface area contributed by atoms with E-state index >= 15 is 0 Å². The standard InChI is InChI=1S/C29H32N4O2/c1-8-18(15-30-17(2)3)19-9-12-21-23(13-19)33(27(35)28(21,4)5)25-14-24-22(16-31-25)29(6,7)26(34)32(24)20-10-11-20/h8-9,12-16,20H,2,10-11H2,1,3-7H3/b18-8+,30-15?. The van der Waals surface area contributed by atoms with Crippen molar-refractivity contribution < 1.29 is 9.59 Å². The van der Waals surface area contributed by atoms with Crippen LogP contribution in [0.2, 0.25) is 0 Å². The van der Waals surface area contributed by atoms with E-state index in [1.807, 2.05) is 76.8 Å². The molecule has 1 aliphatic carbocycles. The second kappa shape index (κ2) is 7.74. The van der Waals surface area contributed by atoms with Gasteiger partial charge in [0, 0.05) is 35.8 Å². The molecule has 2 amide bonds. The van der Waals surface area contributed by atoms with Crippen molar-refractivity contribution in [2.75, 3.05) is 9.80 Å². The molecule has 0 radical (unpaired) electrons. The number of allylic oxidation sites excluding steroid dienone is 3. The molecule has 2 aromatic rings. The Bertz CT molecular complexity index is 1340. The average molecular weight is 469 g/mol. The van der Waals surface area contributed by atoms with Crippen LogP contribution in [0.3, 0.4) is 0 Å². The molecular formula is C29H32N4O2. The summed E-state index contributed by atoms with van der Waals surface area (Å²) in [4.78, 5) is 39.7. The quantitative estimate of drug-likeness (QED) is 0.519. The molecule has 0 N–H and O–H groups in total. The molecule has 1 aromatic heterocycles.